The predicted octanol–water partition coefficient (Wildman–Crippen LogP) is 5.32. The minimum absolute atomic E-state index is 0.0166. The van der Waals surface area contributed by atoms with Gasteiger partial charge in [0.1, 0.15) is 34.5 Å². The highest BCUT2D eigenvalue weighted by molar-refractivity contribution is 7.89. The standard InChI is InChI=1S/C34H37N3O9S/c1-36-19-29-30(35)15-24(34(38)45-6)16-33(29)46-25-11-13-28(14-12-25)47(39,40)37(20-22-7-9-26(41-2)17-31(22)43-4)21-23-8-10-27(42-3)18-32(23)44-5/h7-19H,20-21,35H2,1-6H3. The van der Waals surface area contributed by atoms with Gasteiger partial charge >= 0.3 is 5.97 Å². The Balaban J connectivity index is 1.72. The summed E-state index contributed by atoms with van der Waals surface area (Å²) in [4.78, 5) is 16.2. The summed E-state index contributed by atoms with van der Waals surface area (Å²) in [6.07, 6.45) is 1.50. The lowest BCUT2D eigenvalue weighted by Crippen LogP contribution is -2.30. The SMILES string of the molecule is CN=Cc1c(N)cc(C(=O)OC)cc1Oc1ccc(S(=O)(=O)N(Cc2ccc(OC)cc2OC)Cc2ccc(OC)cc2OC)cc1. The number of rotatable bonds is 14. The van der Waals surface area contributed by atoms with Crippen molar-refractivity contribution in [2.75, 3.05) is 48.3 Å². The zero-order valence-corrected chi connectivity index (χ0v) is 27.8. The number of ether oxygens (including phenoxy) is 6. The number of anilines is 1. The molecule has 2 N–H and O–H groups in total. The zero-order chi connectivity index (χ0) is 34.1. The molecule has 4 rings (SSSR count). The van der Waals surface area contributed by atoms with Crippen LogP contribution in [0.25, 0.3) is 0 Å². The fourth-order valence-corrected chi connectivity index (χ4v) is 6.16. The molecule has 0 fully saturated rings. The van der Waals surface area contributed by atoms with Crippen molar-refractivity contribution in [1.29, 1.82) is 0 Å². The number of nitrogens with two attached hydrogens (primary N) is 1. The molecule has 13 heteroatoms. The maximum Gasteiger partial charge on any atom is 0.338 e. The van der Waals surface area contributed by atoms with Gasteiger partial charge in [-0.25, -0.2) is 13.2 Å². The maximum absolute atomic E-state index is 14.3. The lowest BCUT2D eigenvalue weighted by atomic mass is 10.1. The second-order valence-corrected chi connectivity index (χ2v) is 12.0. The Labute approximate surface area is 274 Å². The second-order valence-electron chi connectivity index (χ2n) is 10.1. The van der Waals surface area contributed by atoms with Crippen molar-refractivity contribution in [2.45, 2.75) is 18.0 Å². The van der Waals surface area contributed by atoms with Crippen LogP contribution in [0.2, 0.25) is 0 Å². The van der Waals surface area contributed by atoms with E-state index in [0.717, 1.165) is 0 Å². The first kappa shape index (κ1) is 34.6. The summed E-state index contributed by atoms with van der Waals surface area (Å²) in [6, 6.07) is 19.2. The maximum atomic E-state index is 14.3. The second kappa shape index (κ2) is 15.3. The van der Waals surface area contributed by atoms with Crippen LogP contribution in [0.4, 0.5) is 5.69 Å². The molecule has 0 radical (unpaired) electrons. The molecule has 0 aliphatic rings. The average Bonchev–Trinajstić information content (AvgIpc) is 3.09. The van der Waals surface area contributed by atoms with Crippen molar-refractivity contribution >= 4 is 27.9 Å². The van der Waals surface area contributed by atoms with Gasteiger partial charge in [0.2, 0.25) is 10.0 Å². The third-order valence-corrected chi connectivity index (χ3v) is 9.03. The summed E-state index contributed by atoms with van der Waals surface area (Å²) in [5.74, 6) is 2.02. The number of nitrogens with zero attached hydrogens (tertiary/aromatic N) is 2. The number of sulfonamides is 1. The molecule has 0 spiro atoms. The highest BCUT2D eigenvalue weighted by atomic mass is 32.2. The van der Waals surface area contributed by atoms with Crippen molar-refractivity contribution in [3.8, 4) is 34.5 Å². The van der Waals surface area contributed by atoms with Gasteiger partial charge in [0.15, 0.2) is 0 Å². The summed E-state index contributed by atoms with van der Waals surface area (Å²) >= 11 is 0. The number of carbonyl (C=O) groups excluding carboxylic acids is 1. The van der Waals surface area contributed by atoms with Crippen molar-refractivity contribution in [3.05, 3.63) is 95.1 Å². The Morgan fingerprint density at radius 1 is 0.745 bits per heavy atom. The van der Waals surface area contributed by atoms with Crippen LogP contribution in [0.5, 0.6) is 34.5 Å². The normalized spacial score (nSPS) is 11.4. The highest BCUT2D eigenvalue weighted by Crippen LogP contribution is 2.34. The number of aliphatic imine (C=N–C) groups is 1. The summed E-state index contributed by atoms with van der Waals surface area (Å²) in [5.41, 5.74) is 8.31. The minimum Gasteiger partial charge on any atom is -0.497 e. The van der Waals surface area contributed by atoms with E-state index in [1.807, 2.05) is 0 Å². The Hall–Kier alpha value is -5.27. The first-order chi connectivity index (χ1) is 22.6. The minimum atomic E-state index is -4.11. The van der Waals surface area contributed by atoms with Gasteiger partial charge in [0.05, 0.1) is 51.6 Å². The molecule has 4 aromatic carbocycles. The highest BCUT2D eigenvalue weighted by Gasteiger charge is 2.28. The first-order valence-corrected chi connectivity index (χ1v) is 15.7. The Bertz CT molecular complexity index is 1800. The lowest BCUT2D eigenvalue weighted by Gasteiger charge is -2.25. The van der Waals surface area contributed by atoms with Gasteiger partial charge in [0, 0.05) is 55.3 Å². The van der Waals surface area contributed by atoms with Crippen molar-refractivity contribution < 1.29 is 41.6 Å². The number of carbonyl (C=O) groups is 1. The van der Waals surface area contributed by atoms with E-state index in [2.05, 4.69) is 4.99 Å². The number of hydrogen-bond acceptors (Lipinski definition) is 11. The molecule has 0 heterocycles. The van der Waals surface area contributed by atoms with E-state index in [4.69, 9.17) is 34.2 Å². The number of esters is 1. The molecule has 0 aliphatic carbocycles. The Morgan fingerprint density at radius 2 is 1.28 bits per heavy atom. The number of methoxy groups -OCH3 is 5. The smallest absolute Gasteiger partial charge is 0.338 e. The van der Waals surface area contributed by atoms with Crippen LogP contribution in [0.3, 0.4) is 0 Å². The topological polar surface area (TPSA) is 148 Å². The molecule has 0 saturated carbocycles. The van der Waals surface area contributed by atoms with Gasteiger partial charge in [0.25, 0.3) is 0 Å². The summed E-state index contributed by atoms with van der Waals surface area (Å²) in [5, 5.41) is 0. The molecule has 0 aromatic heterocycles. The van der Waals surface area contributed by atoms with Crippen molar-refractivity contribution in [2.24, 2.45) is 4.99 Å². The molecule has 0 saturated heterocycles. The Kier molecular flexibility index (Phi) is 11.3. The molecule has 0 unspecified atom stereocenters. The lowest BCUT2D eigenvalue weighted by molar-refractivity contribution is 0.0600. The predicted molar refractivity (Wildman–Crippen MR) is 178 cm³/mol. The summed E-state index contributed by atoms with van der Waals surface area (Å²) < 4.78 is 62.5. The third-order valence-electron chi connectivity index (χ3n) is 7.22. The van der Waals surface area contributed by atoms with E-state index in [-0.39, 0.29) is 35.0 Å². The van der Waals surface area contributed by atoms with Crippen LogP contribution < -0.4 is 29.4 Å². The van der Waals surface area contributed by atoms with Gasteiger partial charge in [-0.1, -0.05) is 12.1 Å². The van der Waals surface area contributed by atoms with Crippen LogP contribution in [0.1, 0.15) is 27.0 Å². The van der Waals surface area contributed by atoms with Crippen LogP contribution in [0, 0.1) is 0 Å². The average molecular weight is 664 g/mol. The Morgan fingerprint density at radius 3 is 1.74 bits per heavy atom. The molecule has 0 bridgehead atoms. The van der Waals surface area contributed by atoms with E-state index in [1.54, 1.807) is 43.4 Å². The third kappa shape index (κ3) is 7.94. The molecule has 0 atom stereocenters. The van der Waals surface area contributed by atoms with Crippen LogP contribution in [-0.2, 0) is 27.8 Å². The largest absolute Gasteiger partial charge is 0.497 e. The molecule has 248 valence electrons. The molecular weight excluding hydrogens is 626 g/mol. The number of nitrogen functional groups attached to an aromatic ring is 1. The zero-order valence-electron chi connectivity index (χ0n) is 27.0. The summed E-state index contributed by atoms with van der Waals surface area (Å²) in [7, 11) is 4.82. The molecule has 47 heavy (non-hydrogen) atoms. The van der Waals surface area contributed by atoms with Crippen molar-refractivity contribution in [3.63, 3.8) is 0 Å². The van der Waals surface area contributed by atoms with Crippen molar-refractivity contribution in [1.82, 2.24) is 4.31 Å². The van der Waals surface area contributed by atoms with E-state index < -0.39 is 16.0 Å². The monoisotopic (exact) mass is 663 g/mol. The van der Waals surface area contributed by atoms with Crippen LogP contribution >= 0.6 is 0 Å². The number of benzene rings is 4. The fourth-order valence-electron chi connectivity index (χ4n) is 4.76. The van der Waals surface area contributed by atoms with Crippen LogP contribution in [0.15, 0.2) is 82.7 Å². The molecule has 0 aliphatic heterocycles. The molecular formula is C34H37N3O9S. The van der Waals surface area contributed by atoms with Gasteiger partial charge in [-0.05, 0) is 48.5 Å². The van der Waals surface area contributed by atoms with E-state index in [1.165, 1.54) is 82.5 Å². The number of hydrogen-bond donors (Lipinski definition) is 1. The molecule has 4 aromatic rings. The van der Waals surface area contributed by atoms with E-state index >= 15 is 0 Å². The molecule has 0 amide bonds. The van der Waals surface area contributed by atoms with E-state index in [9.17, 15) is 13.2 Å². The van der Waals surface area contributed by atoms with E-state index in [0.29, 0.717) is 45.4 Å². The fraction of sp³-hybridized carbons (Fsp3) is 0.235. The van der Waals surface area contributed by atoms with Crippen LogP contribution in [-0.4, -0.2) is 67.5 Å². The first-order valence-electron chi connectivity index (χ1n) is 14.2. The molecule has 12 nitrogen and oxygen atoms in total. The van der Waals surface area contributed by atoms with Gasteiger partial charge in [-0.3, -0.25) is 4.99 Å². The van der Waals surface area contributed by atoms with Gasteiger partial charge in [-0.2, -0.15) is 4.31 Å². The summed E-state index contributed by atoms with van der Waals surface area (Å²) in [6.45, 7) is -0.0511. The van der Waals surface area contributed by atoms with Gasteiger partial charge < -0.3 is 34.2 Å². The quantitative estimate of drug-likeness (QED) is 0.107. The van der Waals surface area contributed by atoms with Gasteiger partial charge in [-0.15, -0.1) is 0 Å².